The van der Waals surface area contributed by atoms with Gasteiger partial charge < -0.3 is 15.4 Å². The topological polar surface area (TPSA) is 38.5 Å². The van der Waals surface area contributed by atoms with Crippen molar-refractivity contribution < 1.29 is 9.13 Å². The number of nitrogens with zero attached hydrogens (tertiary/aromatic N) is 1. The monoisotopic (exact) mass is 280 g/mol. The van der Waals surface area contributed by atoms with E-state index in [-0.39, 0.29) is 18.0 Å². The molecule has 1 aromatic rings. The van der Waals surface area contributed by atoms with E-state index in [1.165, 1.54) is 0 Å². The zero-order chi connectivity index (χ0) is 14.5. The number of nitrogens with two attached hydrogens (primary N) is 1. The van der Waals surface area contributed by atoms with Crippen LogP contribution in [0.2, 0.25) is 0 Å². The smallest absolute Gasteiger partial charge is 0.146 e. The maximum Gasteiger partial charge on any atom is 0.146 e. The minimum absolute atomic E-state index is 0.138. The standard InChI is InChI=1S/C16H25FN2O/c1-3-9-20-14-5-4-8-19(11-14)16-7-6-13(12(2)18)10-15(16)17/h6-7,10,12,14H,3-5,8-9,11,18H2,1-2H3/t12-,14?/m0/s1. The molecule has 0 radical (unpaired) electrons. The molecule has 2 rings (SSSR count). The molecule has 0 aromatic heterocycles. The Kier molecular flexibility index (Phi) is 5.38. The first kappa shape index (κ1) is 15.3. The van der Waals surface area contributed by atoms with Crippen LogP contribution in [0, 0.1) is 5.82 Å². The van der Waals surface area contributed by atoms with Gasteiger partial charge in [-0.05, 0) is 43.9 Å². The van der Waals surface area contributed by atoms with E-state index in [1.54, 1.807) is 6.07 Å². The second-order valence-electron chi connectivity index (χ2n) is 5.58. The first-order valence-corrected chi connectivity index (χ1v) is 7.53. The van der Waals surface area contributed by atoms with Gasteiger partial charge in [0, 0.05) is 25.7 Å². The van der Waals surface area contributed by atoms with E-state index in [1.807, 2.05) is 19.1 Å². The lowest BCUT2D eigenvalue weighted by Gasteiger charge is -2.34. The summed E-state index contributed by atoms with van der Waals surface area (Å²) in [6.45, 7) is 6.41. The number of anilines is 1. The Morgan fingerprint density at radius 2 is 2.30 bits per heavy atom. The SMILES string of the molecule is CCCOC1CCCN(c2ccc([C@H](C)N)cc2F)C1. The highest BCUT2D eigenvalue weighted by Crippen LogP contribution is 2.26. The number of hydrogen-bond donors (Lipinski definition) is 1. The molecule has 0 aliphatic carbocycles. The first-order valence-electron chi connectivity index (χ1n) is 7.53. The molecule has 112 valence electrons. The van der Waals surface area contributed by atoms with Gasteiger partial charge in [-0.25, -0.2) is 4.39 Å². The van der Waals surface area contributed by atoms with Crippen LogP contribution in [0.4, 0.5) is 10.1 Å². The summed E-state index contributed by atoms with van der Waals surface area (Å²) in [5, 5.41) is 0. The maximum atomic E-state index is 14.2. The van der Waals surface area contributed by atoms with Crippen molar-refractivity contribution >= 4 is 5.69 Å². The van der Waals surface area contributed by atoms with Gasteiger partial charge in [0.2, 0.25) is 0 Å². The maximum absolute atomic E-state index is 14.2. The normalized spacial score (nSPS) is 21.0. The van der Waals surface area contributed by atoms with Crippen LogP contribution in [0.15, 0.2) is 18.2 Å². The van der Waals surface area contributed by atoms with Gasteiger partial charge in [0.15, 0.2) is 0 Å². The van der Waals surface area contributed by atoms with Crippen LogP contribution in [0.3, 0.4) is 0 Å². The second-order valence-corrected chi connectivity index (χ2v) is 5.58. The fourth-order valence-corrected chi connectivity index (χ4v) is 2.64. The van der Waals surface area contributed by atoms with Crippen LogP contribution in [0.25, 0.3) is 0 Å². The van der Waals surface area contributed by atoms with Crippen molar-refractivity contribution in [1.82, 2.24) is 0 Å². The average molecular weight is 280 g/mol. The molecule has 1 heterocycles. The van der Waals surface area contributed by atoms with Gasteiger partial charge in [-0.3, -0.25) is 0 Å². The highest BCUT2D eigenvalue weighted by atomic mass is 19.1. The highest BCUT2D eigenvalue weighted by Gasteiger charge is 2.22. The zero-order valence-corrected chi connectivity index (χ0v) is 12.4. The summed E-state index contributed by atoms with van der Waals surface area (Å²) < 4.78 is 20.0. The van der Waals surface area contributed by atoms with Crippen LogP contribution in [-0.2, 0) is 4.74 Å². The average Bonchev–Trinajstić information content (AvgIpc) is 2.45. The molecule has 20 heavy (non-hydrogen) atoms. The Hall–Kier alpha value is -1.13. The van der Waals surface area contributed by atoms with Crippen LogP contribution in [-0.4, -0.2) is 25.8 Å². The van der Waals surface area contributed by atoms with Gasteiger partial charge in [-0.15, -0.1) is 0 Å². The zero-order valence-electron chi connectivity index (χ0n) is 12.4. The van der Waals surface area contributed by atoms with Crippen LogP contribution >= 0.6 is 0 Å². The van der Waals surface area contributed by atoms with Gasteiger partial charge in [0.1, 0.15) is 5.82 Å². The third-order valence-electron chi connectivity index (χ3n) is 3.77. The van der Waals surface area contributed by atoms with Crippen molar-refractivity contribution in [3.05, 3.63) is 29.6 Å². The van der Waals surface area contributed by atoms with Crippen molar-refractivity contribution in [1.29, 1.82) is 0 Å². The molecule has 1 unspecified atom stereocenters. The minimum Gasteiger partial charge on any atom is -0.376 e. The fourth-order valence-electron chi connectivity index (χ4n) is 2.64. The van der Waals surface area contributed by atoms with Gasteiger partial charge in [-0.1, -0.05) is 13.0 Å². The van der Waals surface area contributed by atoms with Gasteiger partial charge >= 0.3 is 0 Å². The molecule has 1 fully saturated rings. The van der Waals surface area contributed by atoms with Crippen molar-refractivity contribution in [2.24, 2.45) is 5.73 Å². The van der Waals surface area contributed by atoms with E-state index in [4.69, 9.17) is 10.5 Å². The lowest BCUT2D eigenvalue weighted by Crippen LogP contribution is -2.40. The molecule has 2 atom stereocenters. The van der Waals surface area contributed by atoms with Crippen molar-refractivity contribution in [2.45, 2.75) is 45.3 Å². The van der Waals surface area contributed by atoms with Gasteiger partial charge in [0.05, 0.1) is 11.8 Å². The number of piperidine rings is 1. The van der Waals surface area contributed by atoms with E-state index < -0.39 is 0 Å². The summed E-state index contributed by atoms with van der Waals surface area (Å²) in [5.41, 5.74) is 7.29. The second kappa shape index (κ2) is 7.04. The third-order valence-corrected chi connectivity index (χ3v) is 3.77. The molecule has 0 spiro atoms. The number of ether oxygens (including phenoxy) is 1. The molecule has 2 N–H and O–H groups in total. The highest BCUT2D eigenvalue weighted by molar-refractivity contribution is 5.50. The summed E-state index contributed by atoms with van der Waals surface area (Å²) in [6, 6.07) is 5.17. The number of rotatable bonds is 5. The fraction of sp³-hybridized carbons (Fsp3) is 0.625. The molecule has 0 amide bonds. The predicted molar refractivity (Wildman–Crippen MR) is 80.5 cm³/mol. The molecular formula is C16H25FN2O. The van der Waals surface area contributed by atoms with Crippen LogP contribution < -0.4 is 10.6 Å². The number of hydrogen-bond acceptors (Lipinski definition) is 3. The van der Waals surface area contributed by atoms with E-state index in [2.05, 4.69) is 11.8 Å². The van der Waals surface area contributed by atoms with Gasteiger partial charge in [-0.2, -0.15) is 0 Å². The van der Waals surface area contributed by atoms with Gasteiger partial charge in [0.25, 0.3) is 0 Å². The third kappa shape index (κ3) is 3.70. The quantitative estimate of drug-likeness (QED) is 0.900. The van der Waals surface area contributed by atoms with E-state index in [9.17, 15) is 4.39 Å². The Morgan fingerprint density at radius 3 is 2.95 bits per heavy atom. The summed E-state index contributed by atoms with van der Waals surface area (Å²) in [4.78, 5) is 2.09. The van der Waals surface area contributed by atoms with E-state index in [0.29, 0.717) is 5.69 Å². The lowest BCUT2D eigenvalue weighted by atomic mass is 10.0. The van der Waals surface area contributed by atoms with Crippen molar-refractivity contribution in [3.63, 3.8) is 0 Å². The first-order chi connectivity index (χ1) is 9.61. The molecule has 1 aliphatic rings. The van der Waals surface area contributed by atoms with Crippen molar-refractivity contribution in [2.75, 3.05) is 24.6 Å². The lowest BCUT2D eigenvalue weighted by molar-refractivity contribution is 0.0439. The van der Waals surface area contributed by atoms with E-state index >= 15 is 0 Å². The van der Waals surface area contributed by atoms with E-state index in [0.717, 1.165) is 44.5 Å². The Balaban J connectivity index is 2.06. The molecule has 0 saturated carbocycles. The van der Waals surface area contributed by atoms with Crippen LogP contribution in [0.1, 0.15) is 44.7 Å². The Morgan fingerprint density at radius 1 is 1.50 bits per heavy atom. The van der Waals surface area contributed by atoms with Crippen LogP contribution in [0.5, 0.6) is 0 Å². The number of halogens is 1. The predicted octanol–water partition coefficient (Wildman–Crippen LogP) is 3.24. The minimum atomic E-state index is -0.184. The molecule has 4 heteroatoms. The summed E-state index contributed by atoms with van der Waals surface area (Å²) >= 11 is 0. The molecular weight excluding hydrogens is 255 g/mol. The summed E-state index contributed by atoms with van der Waals surface area (Å²) in [6.07, 6.45) is 3.35. The molecule has 1 aliphatic heterocycles. The summed E-state index contributed by atoms with van der Waals surface area (Å²) in [5.74, 6) is -0.184. The molecule has 1 saturated heterocycles. The van der Waals surface area contributed by atoms with Crippen molar-refractivity contribution in [3.8, 4) is 0 Å². The Bertz CT molecular complexity index is 436. The molecule has 1 aromatic carbocycles. The summed E-state index contributed by atoms with van der Waals surface area (Å²) in [7, 11) is 0. The number of benzene rings is 1. The molecule has 3 nitrogen and oxygen atoms in total. The largest absolute Gasteiger partial charge is 0.376 e. The Labute approximate surface area is 120 Å². The molecule has 0 bridgehead atoms.